The Balaban J connectivity index is 2.64. The van der Waals surface area contributed by atoms with Crippen molar-refractivity contribution < 1.29 is 0 Å². The average Bonchev–Trinajstić information content (AvgIpc) is 2.56. The molecular weight excluding hydrogens is 158 g/mol. The van der Waals surface area contributed by atoms with Gasteiger partial charge in [-0.3, -0.25) is 0 Å². The Bertz CT molecular complexity index is 513. The molecule has 1 heteroatoms. The highest BCUT2D eigenvalue weighted by Crippen LogP contribution is 2.23. The highest BCUT2D eigenvalue weighted by molar-refractivity contribution is 6.06. The molecule has 0 unspecified atom stereocenters. The van der Waals surface area contributed by atoms with Crippen LogP contribution in [-0.2, 0) is 0 Å². The summed E-state index contributed by atoms with van der Waals surface area (Å²) >= 11 is 0. The SMILES string of the molecule is [c]1c[c]c2[nH]c3ccccc3c2c1. The third kappa shape index (κ3) is 0.872. The summed E-state index contributed by atoms with van der Waals surface area (Å²) < 4.78 is 0. The van der Waals surface area contributed by atoms with Gasteiger partial charge in [0.05, 0.1) is 5.52 Å². The van der Waals surface area contributed by atoms with E-state index in [-0.39, 0.29) is 0 Å². The summed E-state index contributed by atoms with van der Waals surface area (Å²) in [4.78, 5) is 3.30. The van der Waals surface area contributed by atoms with E-state index < -0.39 is 0 Å². The second-order valence-electron chi connectivity index (χ2n) is 3.06. The Morgan fingerprint density at radius 2 is 2.00 bits per heavy atom. The van der Waals surface area contributed by atoms with E-state index in [0.717, 1.165) is 11.0 Å². The number of hydrogen-bond donors (Lipinski definition) is 1. The van der Waals surface area contributed by atoms with Crippen LogP contribution in [0.3, 0.4) is 0 Å². The first-order chi connectivity index (χ1) is 6.45. The summed E-state index contributed by atoms with van der Waals surface area (Å²) in [6, 6.07) is 18.2. The van der Waals surface area contributed by atoms with Crippen LogP contribution in [0.25, 0.3) is 21.8 Å². The monoisotopic (exact) mass is 165 g/mol. The molecule has 0 amide bonds. The quantitative estimate of drug-likeness (QED) is 0.527. The summed E-state index contributed by atoms with van der Waals surface area (Å²) in [5, 5.41) is 2.43. The molecule has 2 aromatic carbocycles. The summed E-state index contributed by atoms with van der Waals surface area (Å²) in [6.45, 7) is 0. The third-order valence-corrected chi connectivity index (χ3v) is 2.27. The van der Waals surface area contributed by atoms with Crippen LogP contribution in [-0.4, -0.2) is 4.98 Å². The summed E-state index contributed by atoms with van der Waals surface area (Å²) in [5.74, 6) is 0. The van der Waals surface area contributed by atoms with E-state index in [1.807, 2.05) is 18.2 Å². The van der Waals surface area contributed by atoms with Crippen LogP contribution >= 0.6 is 0 Å². The first-order valence-corrected chi connectivity index (χ1v) is 4.23. The number of aromatic nitrogens is 1. The lowest BCUT2D eigenvalue weighted by molar-refractivity contribution is 1.54. The Morgan fingerprint density at radius 1 is 1.08 bits per heavy atom. The fourth-order valence-corrected chi connectivity index (χ4v) is 1.67. The van der Waals surface area contributed by atoms with Gasteiger partial charge in [0.1, 0.15) is 0 Å². The Labute approximate surface area is 76.0 Å². The molecule has 3 aromatic rings. The molecule has 1 aromatic heterocycles. The van der Waals surface area contributed by atoms with Gasteiger partial charge in [-0.05, 0) is 24.3 Å². The fourth-order valence-electron chi connectivity index (χ4n) is 1.67. The van der Waals surface area contributed by atoms with E-state index in [1.165, 1.54) is 10.8 Å². The van der Waals surface area contributed by atoms with Gasteiger partial charge in [0.25, 0.3) is 0 Å². The Morgan fingerprint density at radius 3 is 3.00 bits per heavy atom. The third-order valence-electron chi connectivity index (χ3n) is 2.27. The maximum Gasteiger partial charge on any atom is 0.0545 e. The topological polar surface area (TPSA) is 15.8 Å². The molecule has 0 aliphatic heterocycles. The highest BCUT2D eigenvalue weighted by Gasteiger charge is 2.00. The first-order valence-electron chi connectivity index (χ1n) is 4.23. The second-order valence-corrected chi connectivity index (χ2v) is 3.06. The van der Waals surface area contributed by atoms with Crippen molar-refractivity contribution in [3.05, 3.63) is 48.5 Å². The van der Waals surface area contributed by atoms with Gasteiger partial charge < -0.3 is 4.98 Å². The molecule has 0 saturated heterocycles. The van der Waals surface area contributed by atoms with Gasteiger partial charge >= 0.3 is 0 Å². The minimum atomic E-state index is 1.06. The maximum atomic E-state index is 3.30. The van der Waals surface area contributed by atoms with Crippen molar-refractivity contribution >= 4 is 21.8 Å². The number of benzene rings is 2. The molecule has 0 bridgehead atoms. The van der Waals surface area contributed by atoms with Crippen molar-refractivity contribution in [3.63, 3.8) is 0 Å². The molecule has 1 N–H and O–H groups in total. The normalized spacial score (nSPS) is 11.1. The second kappa shape index (κ2) is 2.36. The van der Waals surface area contributed by atoms with Crippen LogP contribution in [0.1, 0.15) is 0 Å². The number of aromatic amines is 1. The Hall–Kier alpha value is -1.76. The van der Waals surface area contributed by atoms with Crippen molar-refractivity contribution in [2.75, 3.05) is 0 Å². The van der Waals surface area contributed by atoms with Crippen LogP contribution in [0.5, 0.6) is 0 Å². The van der Waals surface area contributed by atoms with Crippen molar-refractivity contribution in [1.29, 1.82) is 0 Å². The van der Waals surface area contributed by atoms with Gasteiger partial charge in [-0.15, -0.1) is 0 Å². The maximum absolute atomic E-state index is 3.30. The van der Waals surface area contributed by atoms with Gasteiger partial charge in [0, 0.05) is 22.4 Å². The summed E-state index contributed by atoms with van der Waals surface area (Å²) in [7, 11) is 0. The minimum absolute atomic E-state index is 1.06. The van der Waals surface area contributed by atoms with Crippen LogP contribution in [0.15, 0.2) is 36.4 Å². The lowest BCUT2D eigenvalue weighted by atomic mass is 10.2. The molecule has 13 heavy (non-hydrogen) atoms. The number of hydrogen-bond acceptors (Lipinski definition) is 0. The number of para-hydroxylation sites is 1. The van der Waals surface area contributed by atoms with Crippen molar-refractivity contribution in [3.8, 4) is 0 Å². The van der Waals surface area contributed by atoms with E-state index in [1.54, 1.807) is 6.07 Å². The zero-order valence-electron chi connectivity index (χ0n) is 6.96. The first kappa shape index (κ1) is 6.72. The van der Waals surface area contributed by atoms with E-state index in [2.05, 4.69) is 29.2 Å². The van der Waals surface area contributed by atoms with Crippen LogP contribution in [0.2, 0.25) is 0 Å². The predicted octanol–water partition coefficient (Wildman–Crippen LogP) is 2.92. The van der Waals surface area contributed by atoms with E-state index in [9.17, 15) is 0 Å². The molecule has 0 aliphatic carbocycles. The molecule has 0 aliphatic rings. The molecule has 1 heterocycles. The molecule has 0 atom stereocenters. The molecule has 0 fully saturated rings. The van der Waals surface area contributed by atoms with Gasteiger partial charge in [-0.2, -0.15) is 0 Å². The van der Waals surface area contributed by atoms with Crippen molar-refractivity contribution in [2.24, 2.45) is 0 Å². The number of nitrogens with one attached hydrogen (secondary N) is 1. The molecule has 1 nitrogen and oxygen atoms in total. The lowest BCUT2D eigenvalue weighted by Crippen LogP contribution is -1.64. The standard InChI is InChI=1S/C12H7N/c1-3-7-11-9(5-1)10-6-2-4-8-12(10)13-11/h1,3-7,13H. The van der Waals surface area contributed by atoms with Gasteiger partial charge in [-0.25, -0.2) is 0 Å². The minimum Gasteiger partial charge on any atom is -0.354 e. The predicted molar refractivity (Wildman–Crippen MR) is 53.5 cm³/mol. The molecule has 3 rings (SSSR count). The molecular formula is C12H7N. The molecule has 0 spiro atoms. The average molecular weight is 165 g/mol. The van der Waals surface area contributed by atoms with Crippen LogP contribution < -0.4 is 0 Å². The number of fused-ring (bicyclic) bond motifs is 3. The smallest absolute Gasteiger partial charge is 0.0545 e. The largest absolute Gasteiger partial charge is 0.354 e. The summed E-state index contributed by atoms with van der Waals surface area (Å²) in [5.41, 5.74) is 2.22. The highest BCUT2D eigenvalue weighted by atomic mass is 14.7. The zero-order valence-corrected chi connectivity index (χ0v) is 6.96. The van der Waals surface area contributed by atoms with E-state index in [4.69, 9.17) is 0 Å². The van der Waals surface area contributed by atoms with Gasteiger partial charge in [0.2, 0.25) is 0 Å². The van der Waals surface area contributed by atoms with E-state index in [0.29, 0.717) is 0 Å². The number of rotatable bonds is 0. The van der Waals surface area contributed by atoms with Crippen molar-refractivity contribution in [2.45, 2.75) is 0 Å². The Kier molecular flexibility index (Phi) is 1.22. The molecule has 2 radical (unpaired) electrons. The lowest BCUT2D eigenvalue weighted by Gasteiger charge is -1.87. The van der Waals surface area contributed by atoms with Crippen LogP contribution in [0, 0.1) is 12.1 Å². The van der Waals surface area contributed by atoms with Gasteiger partial charge in [0.15, 0.2) is 0 Å². The molecule has 0 saturated carbocycles. The fraction of sp³-hybridized carbons (Fsp3) is 0. The molecule has 60 valence electrons. The number of H-pyrrole nitrogens is 1. The van der Waals surface area contributed by atoms with Crippen LogP contribution in [0.4, 0.5) is 0 Å². The summed E-state index contributed by atoms with van der Waals surface area (Å²) in [6.07, 6.45) is 0. The zero-order chi connectivity index (χ0) is 8.67. The van der Waals surface area contributed by atoms with Crippen molar-refractivity contribution in [1.82, 2.24) is 4.98 Å². The van der Waals surface area contributed by atoms with Gasteiger partial charge in [-0.1, -0.05) is 18.2 Å². The van der Waals surface area contributed by atoms with E-state index >= 15 is 0 Å².